The Balaban J connectivity index is 1.60. The number of aliphatic hydroxyl groups is 5. The number of nitrogens with zero attached hydrogens (tertiary/aromatic N) is 1. The summed E-state index contributed by atoms with van der Waals surface area (Å²) in [7, 11) is 6.46. The van der Waals surface area contributed by atoms with E-state index in [2.05, 4.69) is 0 Å². The van der Waals surface area contributed by atoms with Gasteiger partial charge in [0.1, 0.15) is 54.8 Å². The van der Waals surface area contributed by atoms with E-state index in [0.29, 0.717) is 12.8 Å². The minimum absolute atomic E-state index is 0.0260. The van der Waals surface area contributed by atoms with Gasteiger partial charge in [0.15, 0.2) is 18.9 Å². The molecule has 3 fully saturated rings. The van der Waals surface area contributed by atoms with E-state index in [9.17, 15) is 39.9 Å². The highest BCUT2D eigenvalue weighted by Crippen LogP contribution is 2.38. The molecule has 3 saturated heterocycles. The van der Waals surface area contributed by atoms with Crippen molar-refractivity contribution < 1.29 is 82.5 Å². The van der Waals surface area contributed by atoms with Crippen molar-refractivity contribution in [2.75, 3.05) is 34.9 Å². The standard InChI is InChI=1S/C46H79NO17/c1-13-33-30(22-58-45-42(57-12)41(56-11)37(52)26(5)60-45)18-23(2)14-15-31(49)24(3)19-29(16-17-48)39(25(4)32(50)20-34(51)62-33)64-44-38(53)36(47(9)10)40(27(6)61-44)63-35-21-46(8,55)43(54)28(7)59-35/h17-18,24-30,32-33,35-45,50,52-55H,13-16,19-22H2,1-12H3/b23-18-/t24-,25+,26-,27-,28+,29+,30-,32-,33-,35+,36-,37-,38-,39-,40-,41-,42-,43+,44+,45-,46-/m1/s1. The molecule has 4 heterocycles. The van der Waals surface area contributed by atoms with Crippen LogP contribution in [0.5, 0.6) is 0 Å². The van der Waals surface area contributed by atoms with Gasteiger partial charge in [-0.3, -0.25) is 9.59 Å². The Morgan fingerprint density at radius 3 is 2.11 bits per heavy atom. The topological polar surface area (TPSA) is 239 Å². The minimum Gasteiger partial charge on any atom is -0.462 e. The Kier molecular flexibility index (Phi) is 20.8. The van der Waals surface area contributed by atoms with Crippen molar-refractivity contribution in [3.8, 4) is 0 Å². The fourth-order valence-electron chi connectivity index (χ4n) is 9.77. The first-order chi connectivity index (χ1) is 30.1. The van der Waals surface area contributed by atoms with Gasteiger partial charge in [0.2, 0.25) is 0 Å². The number of hydrogen-bond acceptors (Lipinski definition) is 18. The van der Waals surface area contributed by atoms with Gasteiger partial charge in [-0.2, -0.15) is 0 Å². The van der Waals surface area contributed by atoms with Crippen LogP contribution in [0.2, 0.25) is 0 Å². The van der Waals surface area contributed by atoms with Crippen LogP contribution in [0.3, 0.4) is 0 Å². The van der Waals surface area contributed by atoms with Gasteiger partial charge in [-0.25, -0.2) is 0 Å². The predicted molar refractivity (Wildman–Crippen MR) is 230 cm³/mol. The van der Waals surface area contributed by atoms with Crippen LogP contribution in [-0.4, -0.2) is 187 Å². The molecule has 0 unspecified atom stereocenters. The van der Waals surface area contributed by atoms with Crippen molar-refractivity contribution in [3.05, 3.63) is 11.6 Å². The zero-order valence-electron chi connectivity index (χ0n) is 39.9. The summed E-state index contributed by atoms with van der Waals surface area (Å²) in [6.07, 6.45) is -10.6. The van der Waals surface area contributed by atoms with E-state index in [1.165, 1.54) is 21.1 Å². The SMILES string of the molecule is CC[C@H]1OC(=O)C[C@@H](O)[C@H](C)[C@@H](O[C@@H]2O[C@H](C)[C@@H](O[C@H]3C[C@@](C)(O)[C@@H](O)[C@H](C)O3)[C@H](N(C)C)[C@H]2O)[C@@H](CC=O)C[C@@H](C)C(=O)CC/C(C)=C\[C@@H]1CO[C@@H]1O[C@H](C)[C@@H](O)[C@@H](OC)[C@H]1OC. The molecule has 0 radical (unpaired) electrons. The molecule has 0 amide bonds. The number of carbonyl (C=O) groups is 3. The quantitative estimate of drug-likeness (QED) is 0.101. The summed E-state index contributed by atoms with van der Waals surface area (Å²) in [6.45, 7) is 13.9. The molecule has 64 heavy (non-hydrogen) atoms. The normalized spacial score (nSPS) is 45.7. The van der Waals surface area contributed by atoms with E-state index in [0.717, 1.165) is 11.9 Å². The molecule has 370 valence electrons. The second kappa shape index (κ2) is 24.3. The summed E-state index contributed by atoms with van der Waals surface area (Å²) in [5.41, 5.74) is -0.621. The molecule has 0 aliphatic carbocycles. The zero-order chi connectivity index (χ0) is 47.8. The number of aliphatic hydroxyl groups excluding tert-OH is 4. The molecule has 18 heteroatoms. The molecule has 0 spiro atoms. The molecule has 5 N–H and O–H groups in total. The Bertz CT molecular complexity index is 1510. The fourth-order valence-corrected chi connectivity index (χ4v) is 9.77. The summed E-state index contributed by atoms with van der Waals surface area (Å²) < 4.78 is 54.8. The second-order valence-corrected chi connectivity index (χ2v) is 19.1. The second-order valence-electron chi connectivity index (χ2n) is 19.1. The number of allylic oxidation sites excluding steroid dienone is 1. The minimum atomic E-state index is -1.49. The van der Waals surface area contributed by atoms with Crippen LogP contribution in [0, 0.1) is 23.7 Å². The first-order valence-corrected chi connectivity index (χ1v) is 23.0. The third-order valence-electron chi connectivity index (χ3n) is 13.8. The summed E-state index contributed by atoms with van der Waals surface area (Å²) in [5.74, 6) is -3.20. The van der Waals surface area contributed by atoms with E-state index in [4.69, 9.17) is 42.6 Å². The summed E-state index contributed by atoms with van der Waals surface area (Å²) in [5, 5.41) is 55.8. The van der Waals surface area contributed by atoms with Crippen LogP contribution in [-0.2, 0) is 57.0 Å². The number of aldehydes is 1. The van der Waals surface area contributed by atoms with Crippen molar-refractivity contribution >= 4 is 18.0 Å². The highest BCUT2D eigenvalue weighted by Gasteiger charge is 2.52. The lowest BCUT2D eigenvalue weighted by atomic mass is 9.79. The van der Waals surface area contributed by atoms with Gasteiger partial charge in [0.05, 0.1) is 55.2 Å². The average Bonchev–Trinajstić information content (AvgIpc) is 3.23. The summed E-state index contributed by atoms with van der Waals surface area (Å²) >= 11 is 0. The van der Waals surface area contributed by atoms with Crippen molar-refractivity contribution in [3.63, 3.8) is 0 Å². The monoisotopic (exact) mass is 918 g/mol. The number of ether oxygens (including phenoxy) is 9. The number of hydrogen-bond donors (Lipinski definition) is 5. The summed E-state index contributed by atoms with van der Waals surface area (Å²) in [4.78, 5) is 41.7. The number of cyclic esters (lactones) is 1. The number of esters is 1. The molecular weight excluding hydrogens is 838 g/mol. The van der Waals surface area contributed by atoms with Crippen LogP contribution < -0.4 is 0 Å². The molecule has 0 aromatic heterocycles. The van der Waals surface area contributed by atoms with Gasteiger partial charge in [0, 0.05) is 51.2 Å². The highest BCUT2D eigenvalue weighted by atomic mass is 16.7. The van der Waals surface area contributed by atoms with Crippen LogP contribution in [0.15, 0.2) is 11.6 Å². The van der Waals surface area contributed by atoms with Gasteiger partial charge in [0.25, 0.3) is 0 Å². The molecule has 4 aliphatic heterocycles. The Hall–Kier alpha value is -2.01. The maximum atomic E-state index is 13.8. The van der Waals surface area contributed by atoms with E-state index in [1.807, 2.05) is 19.9 Å². The number of ketones is 1. The first kappa shape index (κ1) is 54.6. The number of rotatable bonds is 13. The Morgan fingerprint density at radius 1 is 0.859 bits per heavy atom. The smallest absolute Gasteiger partial charge is 0.308 e. The largest absolute Gasteiger partial charge is 0.462 e. The third-order valence-corrected chi connectivity index (χ3v) is 13.8. The molecule has 4 rings (SSSR count). The molecule has 4 aliphatic rings. The number of carbonyl (C=O) groups excluding carboxylic acids is 3. The third kappa shape index (κ3) is 13.6. The Labute approximate surface area is 379 Å². The van der Waals surface area contributed by atoms with Crippen molar-refractivity contribution in [2.45, 2.75) is 204 Å². The van der Waals surface area contributed by atoms with E-state index in [1.54, 1.807) is 53.6 Å². The van der Waals surface area contributed by atoms with Gasteiger partial charge in [-0.15, -0.1) is 0 Å². The van der Waals surface area contributed by atoms with E-state index >= 15 is 0 Å². The molecule has 0 aromatic carbocycles. The maximum absolute atomic E-state index is 13.8. The fraction of sp³-hybridized carbons (Fsp3) is 0.891. The molecule has 0 aromatic rings. The molecule has 21 atom stereocenters. The summed E-state index contributed by atoms with van der Waals surface area (Å²) in [6, 6.07) is -0.739. The first-order valence-electron chi connectivity index (χ1n) is 23.0. The van der Waals surface area contributed by atoms with Gasteiger partial charge in [-0.05, 0) is 73.9 Å². The lowest BCUT2D eigenvalue weighted by Gasteiger charge is -2.50. The number of likely N-dealkylation sites (N-methyl/N-ethyl adjacent to an activating group) is 1. The highest BCUT2D eigenvalue weighted by molar-refractivity contribution is 5.80. The van der Waals surface area contributed by atoms with Crippen molar-refractivity contribution in [2.24, 2.45) is 23.7 Å². The number of Topliss-reactive ketones (excluding diaryl/α,β-unsaturated/α-hetero) is 1. The predicted octanol–water partition coefficient (Wildman–Crippen LogP) is 2.06. The number of methoxy groups -OCH3 is 2. The van der Waals surface area contributed by atoms with Crippen LogP contribution >= 0.6 is 0 Å². The zero-order valence-corrected chi connectivity index (χ0v) is 39.9. The Morgan fingerprint density at radius 2 is 1.52 bits per heavy atom. The lowest BCUT2D eigenvalue weighted by Crippen LogP contribution is -2.65. The van der Waals surface area contributed by atoms with Gasteiger partial charge >= 0.3 is 5.97 Å². The van der Waals surface area contributed by atoms with Crippen LogP contribution in [0.1, 0.15) is 100 Å². The van der Waals surface area contributed by atoms with Crippen molar-refractivity contribution in [1.82, 2.24) is 4.90 Å². The van der Waals surface area contributed by atoms with Gasteiger partial charge < -0.3 is 77.9 Å². The van der Waals surface area contributed by atoms with Gasteiger partial charge in [-0.1, -0.05) is 32.4 Å². The average molecular weight is 918 g/mol. The lowest BCUT2D eigenvalue weighted by molar-refractivity contribution is -0.341. The maximum Gasteiger partial charge on any atom is 0.308 e. The molecule has 0 saturated carbocycles. The van der Waals surface area contributed by atoms with Crippen LogP contribution in [0.4, 0.5) is 0 Å². The van der Waals surface area contributed by atoms with Crippen molar-refractivity contribution in [1.29, 1.82) is 0 Å². The molecule has 0 bridgehead atoms. The van der Waals surface area contributed by atoms with Crippen LogP contribution in [0.25, 0.3) is 0 Å². The van der Waals surface area contributed by atoms with E-state index < -0.39 is 140 Å². The molecule has 18 nitrogen and oxygen atoms in total. The van der Waals surface area contributed by atoms with E-state index in [-0.39, 0.29) is 38.1 Å². The molecular formula is C46H79NO17.